The third-order valence-corrected chi connectivity index (χ3v) is 4.47. The number of hydrogen-bond acceptors (Lipinski definition) is 3. The van der Waals surface area contributed by atoms with Gasteiger partial charge in [0.2, 0.25) is 5.91 Å². The first-order valence-corrected chi connectivity index (χ1v) is 8.72. The first-order valence-electron chi connectivity index (χ1n) is 8.31. The van der Waals surface area contributed by atoms with Crippen LogP contribution in [0.5, 0.6) is 0 Å². The number of rotatable bonds is 5. The van der Waals surface area contributed by atoms with Gasteiger partial charge in [-0.05, 0) is 49.8 Å². The van der Waals surface area contributed by atoms with Crippen molar-refractivity contribution in [3.05, 3.63) is 70.0 Å². The molecule has 0 aliphatic rings. The van der Waals surface area contributed by atoms with E-state index in [0.717, 1.165) is 23.3 Å². The number of nitrogens with zero attached hydrogens (tertiary/aromatic N) is 2. The molecule has 0 aliphatic carbocycles. The Kier molecular flexibility index (Phi) is 5.46. The van der Waals surface area contributed by atoms with Crippen LogP contribution >= 0.6 is 12.2 Å². The van der Waals surface area contributed by atoms with Crippen molar-refractivity contribution in [2.45, 2.75) is 26.4 Å². The second-order valence-electron chi connectivity index (χ2n) is 6.27. The number of nitrogens with one attached hydrogen (secondary N) is 2. The molecule has 0 spiro atoms. The predicted molar refractivity (Wildman–Crippen MR) is 101 cm³/mol. The van der Waals surface area contributed by atoms with Crippen LogP contribution in [0.1, 0.15) is 24.1 Å². The minimum atomic E-state index is -0.951. The van der Waals surface area contributed by atoms with E-state index in [4.69, 9.17) is 12.2 Å². The second kappa shape index (κ2) is 7.79. The lowest BCUT2D eigenvalue weighted by Crippen LogP contribution is -2.30. The van der Waals surface area contributed by atoms with Crippen LogP contribution < -0.4 is 5.32 Å². The zero-order valence-electron chi connectivity index (χ0n) is 14.8. The Hall–Kier alpha value is -2.87. The van der Waals surface area contributed by atoms with Gasteiger partial charge in [0.1, 0.15) is 6.54 Å². The molecule has 5 nitrogen and oxygen atoms in total. The fraction of sp³-hybridized carbons (Fsp3) is 0.211. The molecule has 3 aromatic rings. The Labute approximate surface area is 160 Å². The van der Waals surface area contributed by atoms with Crippen LogP contribution in [0.2, 0.25) is 0 Å². The summed E-state index contributed by atoms with van der Waals surface area (Å²) in [6, 6.07) is 10.8. The predicted octanol–water partition coefficient (Wildman–Crippen LogP) is 4.07. The fourth-order valence-corrected chi connectivity index (χ4v) is 2.96. The van der Waals surface area contributed by atoms with E-state index < -0.39 is 17.7 Å². The van der Waals surface area contributed by atoms with Crippen molar-refractivity contribution in [2.24, 2.45) is 0 Å². The number of benzene rings is 2. The zero-order chi connectivity index (χ0) is 19.6. The molecule has 8 heteroatoms. The summed E-state index contributed by atoms with van der Waals surface area (Å²) in [4.78, 5) is 12.5. The van der Waals surface area contributed by atoms with Gasteiger partial charge in [0.05, 0.1) is 6.04 Å². The average Bonchev–Trinajstić information content (AvgIpc) is 2.98. The second-order valence-corrected chi connectivity index (χ2v) is 6.66. The topological polar surface area (TPSA) is 62.7 Å². The van der Waals surface area contributed by atoms with E-state index in [1.807, 2.05) is 31.2 Å². The number of carbonyl (C=O) groups is 1. The molecule has 2 N–H and O–H groups in total. The van der Waals surface area contributed by atoms with E-state index in [2.05, 4.69) is 15.5 Å². The fourth-order valence-electron chi connectivity index (χ4n) is 2.76. The Morgan fingerprint density at radius 2 is 2.04 bits per heavy atom. The lowest BCUT2D eigenvalue weighted by molar-refractivity contribution is -0.122. The average molecular weight is 388 g/mol. The minimum Gasteiger partial charge on any atom is -0.348 e. The molecule has 1 heterocycles. The van der Waals surface area contributed by atoms with Gasteiger partial charge in [-0.15, -0.1) is 0 Å². The summed E-state index contributed by atoms with van der Waals surface area (Å²) >= 11 is 5.24. The summed E-state index contributed by atoms with van der Waals surface area (Å²) in [5, 5.41) is 9.68. The number of amides is 1. The first kappa shape index (κ1) is 18.9. The van der Waals surface area contributed by atoms with Crippen molar-refractivity contribution < 1.29 is 13.6 Å². The van der Waals surface area contributed by atoms with Crippen molar-refractivity contribution in [3.63, 3.8) is 0 Å². The smallest absolute Gasteiger partial charge is 0.240 e. The molecule has 27 heavy (non-hydrogen) atoms. The molecule has 0 saturated carbocycles. The van der Waals surface area contributed by atoms with Crippen LogP contribution in [0.15, 0.2) is 42.5 Å². The molecule has 0 bridgehead atoms. The maximum absolute atomic E-state index is 13.4. The van der Waals surface area contributed by atoms with Crippen LogP contribution in [-0.2, 0) is 11.3 Å². The normalized spacial score (nSPS) is 12.0. The van der Waals surface area contributed by atoms with Crippen LogP contribution in [-0.4, -0.2) is 20.7 Å². The van der Waals surface area contributed by atoms with Crippen molar-refractivity contribution in [3.8, 4) is 11.4 Å². The van der Waals surface area contributed by atoms with Crippen LogP contribution in [0.3, 0.4) is 0 Å². The van der Waals surface area contributed by atoms with Crippen molar-refractivity contribution in [2.75, 3.05) is 0 Å². The number of aromatic nitrogens is 3. The molecule has 1 amide bonds. The lowest BCUT2D eigenvalue weighted by atomic mass is 10.1. The molecular formula is C19H18F2N4OS. The highest BCUT2D eigenvalue weighted by atomic mass is 32.1. The quantitative estimate of drug-likeness (QED) is 0.648. The minimum absolute atomic E-state index is 0.0490. The Morgan fingerprint density at radius 3 is 2.74 bits per heavy atom. The van der Waals surface area contributed by atoms with E-state index in [1.165, 1.54) is 6.07 Å². The van der Waals surface area contributed by atoms with Gasteiger partial charge in [0.25, 0.3) is 0 Å². The Bertz CT molecular complexity index is 1040. The summed E-state index contributed by atoms with van der Waals surface area (Å²) in [5.41, 5.74) is 2.37. The lowest BCUT2D eigenvalue weighted by Gasteiger charge is -2.15. The summed E-state index contributed by atoms with van der Waals surface area (Å²) in [6.07, 6.45) is 0. The van der Waals surface area contributed by atoms with E-state index >= 15 is 0 Å². The third-order valence-electron chi connectivity index (χ3n) is 4.16. The van der Waals surface area contributed by atoms with Gasteiger partial charge in [-0.1, -0.05) is 29.8 Å². The van der Waals surface area contributed by atoms with E-state index in [9.17, 15) is 13.6 Å². The van der Waals surface area contributed by atoms with Crippen LogP contribution in [0.4, 0.5) is 8.78 Å². The van der Waals surface area contributed by atoms with Gasteiger partial charge in [-0.25, -0.2) is 8.78 Å². The molecule has 3 rings (SSSR count). The van der Waals surface area contributed by atoms with Crippen molar-refractivity contribution in [1.29, 1.82) is 0 Å². The van der Waals surface area contributed by atoms with Crippen LogP contribution in [0.25, 0.3) is 11.4 Å². The molecule has 1 aromatic heterocycles. The monoisotopic (exact) mass is 388 g/mol. The summed E-state index contributed by atoms with van der Waals surface area (Å²) in [6.45, 7) is 3.61. The number of hydrogen-bond donors (Lipinski definition) is 2. The summed E-state index contributed by atoms with van der Waals surface area (Å²) in [5.74, 6) is -1.64. The molecule has 0 unspecified atom stereocenters. The maximum atomic E-state index is 13.4. The Morgan fingerprint density at radius 1 is 1.26 bits per heavy atom. The maximum Gasteiger partial charge on any atom is 0.240 e. The molecule has 0 fully saturated rings. The van der Waals surface area contributed by atoms with Gasteiger partial charge in [0.15, 0.2) is 22.2 Å². The molecule has 140 valence electrons. The first-order chi connectivity index (χ1) is 12.8. The standard InChI is InChI=1S/C19H18F2N4OS/c1-11-4-3-5-14(8-11)18-23-24-19(27)25(18)10-17(26)22-12(2)13-6-7-15(20)16(21)9-13/h3-9,12H,10H2,1-2H3,(H,22,26)(H,24,27)/t12-/m1/s1. The molecule has 1 atom stereocenters. The number of carbonyl (C=O) groups excluding carboxylic acids is 1. The molecule has 0 saturated heterocycles. The number of aromatic amines is 1. The van der Waals surface area contributed by atoms with Gasteiger partial charge < -0.3 is 5.32 Å². The number of halogens is 2. The van der Waals surface area contributed by atoms with E-state index in [1.54, 1.807) is 11.5 Å². The molecule has 0 radical (unpaired) electrons. The molecular weight excluding hydrogens is 370 g/mol. The largest absolute Gasteiger partial charge is 0.348 e. The SMILES string of the molecule is Cc1cccc(-c2n[nH]c(=S)n2CC(=O)N[C@H](C)c2ccc(F)c(F)c2)c1. The zero-order valence-corrected chi connectivity index (χ0v) is 15.6. The highest BCUT2D eigenvalue weighted by molar-refractivity contribution is 7.71. The van der Waals surface area contributed by atoms with Gasteiger partial charge in [0, 0.05) is 5.56 Å². The van der Waals surface area contributed by atoms with Crippen molar-refractivity contribution >= 4 is 18.1 Å². The number of aryl methyl sites for hydroxylation is 1. The van der Waals surface area contributed by atoms with Gasteiger partial charge in [-0.2, -0.15) is 5.10 Å². The van der Waals surface area contributed by atoms with E-state index in [0.29, 0.717) is 16.2 Å². The van der Waals surface area contributed by atoms with Gasteiger partial charge >= 0.3 is 0 Å². The summed E-state index contributed by atoms with van der Waals surface area (Å²) in [7, 11) is 0. The molecule has 2 aromatic carbocycles. The Balaban J connectivity index is 1.77. The molecule has 0 aliphatic heterocycles. The van der Waals surface area contributed by atoms with Crippen molar-refractivity contribution in [1.82, 2.24) is 20.1 Å². The van der Waals surface area contributed by atoms with Gasteiger partial charge in [-0.3, -0.25) is 14.5 Å². The highest BCUT2D eigenvalue weighted by Gasteiger charge is 2.16. The summed E-state index contributed by atoms with van der Waals surface area (Å²) < 4.78 is 28.4. The van der Waals surface area contributed by atoms with E-state index in [-0.39, 0.29) is 12.5 Å². The third kappa shape index (κ3) is 4.28. The highest BCUT2D eigenvalue weighted by Crippen LogP contribution is 2.19. The number of H-pyrrole nitrogens is 1. The van der Waals surface area contributed by atoms with Crippen LogP contribution in [0, 0.1) is 23.3 Å².